The Kier molecular flexibility index (Phi) is 2.54. The minimum atomic E-state index is -0.431. The van der Waals surface area contributed by atoms with E-state index in [1.54, 1.807) is 12.1 Å². The molecule has 92 valence electrons. The fraction of sp³-hybridized carbons (Fsp3) is 0.0909. The van der Waals surface area contributed by atoms with Crippen molar-refractivity contribution in [3.8, 4) is 0 Å². The van der Waals surface area contributed by atoms with E-state index in [4.69, 9.17) is 10.3 Å². The van der Waals surface area contributed by atoms with Crippen LogP contribution in [0.1, 0.15) is 17.5 Å². The molecule has 3 aromatic rings. The predicted molar refractivity (Wildman–Crippen MR) is 61.7 cm³/mol. The van der Waals surface area contributed by atoms with Crippen LogP contribution in [-0.4, -0.2) is 15.4 Å². The first-order valence-corrected chi connectivity index (χ1v) is 5.29. The van der Waals surface area contributed by atoms with Crippen LogP contribution in [0.5, 0.6) is 0 Å². The van der Waals surface area contributed by atoms with Gasteiger partial charge in [0.25, 0.3) is 0 Å². The quantitative estimate of drug-likeness (QED) is 0.478. The van der Waals surface area contributed by atoms with Crippen LogP contribution in [0.25, 0.3) is 11.0 Å². The maximum absolute atomic E-state index is 13.1. The van der Waals surface area contributed by atoms with Gasteiger partial charge in [0, 0.05) is 5.39 Å². The molecule has 0 fully saturated rings. The second kappa shape index (κ2) is 4.21. The van der Waals surface area contributed by atoms with Crippen LogP contribution in [0.15, 0.2) is 34.9 Å². The Morgan fingerprint density at radius 1 is 1.39 bits per heavy atom. The molecule has 0 aliphatic carbocycles. The standard InChI is InChI=1S/C11H10FN5O/c12-7-1-2-9-6(3-7)4-10(18-9)11(15-13)8-5-14-17-16-8/h1-5,11,15H,13H2,(H,14,16,17). The maximum atomic E-state index is 13.1. The highest BCUT2D eigenvalue weighted by atomic mass is 19.1. The number of H-pyrrole nitrogens is 1. The summed E-state index contributed by atoms with van der Waals surface area (Å²) in [5.41, 5.74) is 3.77. The Morgan fingerprint density at radius 2 is 2.28 bits per heavy atom. The Hall–Kier alpha value is -2.25. The van der Waals surface area contributed by atoms with Crippen LogP contribution in [-0.2, 0) is 0 Å². The molecule has 4 N–H and O–H groups in total. The summed E-state index contributed by atoms with van der Waals surface area (Å²) in [6.45, 7) is 0. The van der Waals surface area contributed by atoms with Gasteiger partial charge in [-0.25, -0.2) is 9.82 Å². The van der Waals surface area contributed by atoms with Crippen molar-refractivity contribution < 1.29 is 8.81 Å². The van der Waals surface area contributed by atoms with Crippen LogP contribution >= 0.6 is 0 Å². The number of fused-ring (bicyclic) bond motifs is 1. The Morgan fingerprint density at radius 3 is 3.00 bits per heavy atom. The largest absolute Gasteiger partial charge is 0.459 e. The number of hydrazine groups is 1. The van der Waals surface area contributed by atoms with Crippen LogP contribution in [0.3, 0.4) is 0 Å². The third kappa shape index (κ3) is 1.75. The molecule has 6 nitrogen and oxygen atoms in total. The smallest absolute Gasteiger partial charge is 0.134 e. The number of furan rings is 1. The van der Waals surface area contributed by atoms with Crippen LogP contribution in [0.2, 0.25) is 0 Å². The van der Waals surface area contributed by atoms with E-state index in [0.717, 1.165) is 0 Å². The molecule has 0 aliphatic heterocycles. The monoisotopic (exact) mass is 247 g/mol. The molecule has 0 bridgehead atoms. The molecule has 0 saturated heterocycles. The van der Waals surface area contributed by atoms with E-state index in [-0.39, 0.29) is 5.82 Å². The van der Waals surface area contributed by atoms with Crippen LogP contribution in [0.4, 0.5) is 4.39 Å². The van der Waals surface area contributed by atoms with Gasteiger partial charge < -0.3 is 4.42 Å². The minimum absolute atomic E-state index is 0.312. The van der Waals surface area contributed by atoms with Crippen molar-refractivity contribution in [3.05, 3.63) is 47.7 Å². The van der Waals surface area contributed by atoms with Crippen molar-refractivity contribution in [2.45, 2.75) is 6.04 Å². The molecule has 2 heterocycles. The van der Waals surface area contributed by atoms with Gasteiger partial charge in [-0.2, -0.15) is 15.4 Å². The van der Waals surface area contributed by atoms with Crippen LogP contribution < -0.4 is 11.3 Å². The number of aromatic amines is 1. The SMILES string of the molecule is NNC(c1cn[nH]n1)c1cc2cc(F)ccc2o1. The summed E-state index contributed by atoms with van der Waals surface area (Å²) in [6.07, 6.45) is 1.54. The summed E-state index contributed by atoms with van der Waals surface area (Å²) < 4.78 is 18.7. The first kappa shape index (κ1) is 10.9. The number of aromatic nitrogens is 3. The average Bonchev–Trinajstić information content (AvgIpc) is 2.98. The van der Waals surface area contributed by atoms with Gasteiger partial charge in [-0.15, -0.1) is 0 Å². The van der Waals surface area contributed by atoms with Crippen molar-refractivity contribution in [2.75, 3.05) is 0 Å². The van der Waals surface area contributed by atoms with Crippen molar-refractivity contribution in [1.29, 1.82) is 0 Å². The van der Waals surface area contributed by atoms with Gasteiger partial charge >= 0.3 is 0 Å². The van der Waals surface area contributed by atoms with Gasteiger partial charge in [0.1, 0.15) is 28.9 Å². The molecule has 0 aliphatic rings. The first-order chi connectivity index (χ1) is 8.78. The third-order valence-corrected chi connectivity index (χ3v) is 2.68. The van der Waals surface area contributed by atoms with Crippen molar-refractivity contribution in [1.82, 2.24) is 20.8 Å². The van der Waals surface area contributed by atoms with Gasteiger partial charge in [0.05, 0.1) is 6.20 Å². The molecule has 0 saturated carbocycles. The number of rotatable bonds is 3. The van der Waals surface area contributed by atoms with Crippen molar-refractivity contribution in [2.24, 2.45) is 5.84 Å². The van der Waals surface area contributed by atoms with E-state index in [9.17, 15) is 4.39 Å². The number of halogens is 1. The second-order valence-corrected chi connectivity index (χ2v) is 3.83. The highest BCUT2D eigenvalue weighted by molar-refractivity contribution is 5.78. The minimum Gasteiger partial charge on any atom is -0.459 e. The van der Waals surface area contributed by atoms with Crippen molar-refractivity contribution >= 4 is 11.0 Å². The highest BCUT2D eigenvalue weighted by Gasteiger charge is 2.19. The average molecular weight is 247 g/mol. The zero-order chi connectivity index (χ0) is 12.5. The fourth-order valence-corrected chi connectivity index (χ4v) is 1.84. The lowest BCUT2D eigenvalue weighted by Gasteiger charge is -2.08. The number of nitrogens with two attached hydrogens (primary N) is 1. The molecule has 7 heteroatoms. The normalized spacial score (nSPS) is 13.0. The third-order valence-electron chi connectivity index (χ3n) is 2.68. The fourth-order valence-electron chi connectivity index (χ4n) is 1.84. The highest BCUT2D eigenvalue weighted by Crippen LogP contribution is 2.27. The zero-order valence-corrected chi connectivity index (χ0v) is 9.22. The molecular weight excluding hydrogens is 237 g/mol. The first-order valence-electron chi connectivity index (χ1n) is 5.29. The molecule has 3 rings (SSSR count). The molecular formula is C11H10FN5O. The zero-order valence-electron chi connectivity index (χ0n) is 9.22. The number of hydrogen-bond donors (Lipinski definition) is 3. The lowest BCUT2D eigenvalue weighted by atomic mass is 10.1. The van der Waals surface area contributed by atoms with E-state index in [2.05, 4.69) is 20.8 Å². The lowest BCUT2D eigenvalue weighted by molar-refractivity contribution is 0.470. The summed E-state index contributed by atoms with van der Waals surface area (Å²) in [4.78, 5) is 0. The molecule has 18 heavy (non-hydrogen) atoms. The Balaban J connectivity index is 2.07. The summed E-state index contributed by atoms with van der Waals surface area (Å²) >= 11 is 0. The number of nitrogens with one attached hydrogen (secondary N) is 2. The van der Waals surface area contributed by atoms with Crippen molar-refractivity contribution in [3.63, 3.8) is 0 Å². The molecule has 1 aromatic carbocycles. The Labute approximate surface area is 101 Å². The summed E-state index contributed by atoms with van der Waals surface area (Å²) in [5, 5.41) is 10.8. The number of hydrogen-bond acceptors (Lipinski definition) is 5. The van der Waals surface area contributed by atoms with Gasteiger partial charge in [0.2, 0.25) is 0 Å². The van der Waals surface area contributed by atoms with Gasteiger partial charge in [-0.3, -0.25) is 5.84 Å². The van der Waals surface area contributed by atoms with E-state index in [1.807, 2.05) is 0 Å². The molecule has 0 spiro atoms. The maximum Gasteiger partial charge on any atom is 0.134 e. The predicted octanol–water partition coefficient (Wildman–Crippen LogP) is 1.24. The summed E-state index contributed by atoms with van der Waals surface area (Å²) in [5.74, 6) is 5.72. The number of benzene rings is 1. The van der Waals surface area contributed by atoms with E-state index >= 15 is 0 Å². The van der Waals surface area contributed by atoms with E-state index in [1.165, 1.54) is 18.3 Å². The van der Waals surface area contributed by atoms with Gasteiger partial charge in [0.15, 0.2) is 0 Å². The molecule has 2 aromatic heterocycles. The molecule has 1 unspecified atom stereocenters. The molecule has 0 radical (unpaired) electrons. The molecule has 1 atom stereocenters. The van der Waals surface area contributed by atoms with E-state index in [0.29, 0.717) is 22.4 Å². The molecule has 0 amide bonds. The van der Waals surface area contributed by atoms with Gasteiger partial charge in [-0.05, 0) is 24.3 Å². The van der Waals surface area contributed by atoms with E-state index < -0.39 is 6.04 Å². The Bertz CT molecular complexity index is 663. The lowest BCUT2D eigenvalue weighted by Crippen LogP contribution is -2.28. The van der Waals surface area contributed by atoms with Gasteiger partial charge in [-0.1, -0.05) is 0 Å². The second-order valence-electron chi connectivity index (χ2n) is 3.83. The van der Waals surface area contributed by atoms with Crippen LogP contribution in [0, 0.1) is 5.82 Å². The summed E-state index contributed by atoms with van der Waals surface area (Å²) in [6, 6.07) is 5.61. The topological polar surface area (TPSA) is 92.8 Å². The summed E-state index contributed by atoms with van der Waals surface area (Å²) in [7, 11) is 0. The number of nitrogens with zero attached hydrogens (tertiary/aromatic N) is 2.